The van der Waals surface area contributed by atoms with Crippen LogP contribution < -0.4 is 0 Å². The summed E-state index contributed by atoms with van der Waals surface area (Å²) in [7, 11) is 0. The van der Waals surface area contributed by atoms with Crippen molar-refractivity contribution in [3.05, 3.63) is 48.2 Å². The van der Waals surface area contributed by atoms with Crippen molar-refractivity contribution >= 4 is 5.78 Å². The molecule has 0 amide bonds. The van der Waals surface area contributed by atoms with E-state index in [1.807, 2.05) is 36.5 Å². The molecule has 0 unspecified atom stereocenters. The summed E-state index contributed by atoms with van der Waals surface area (Å²) >= 11 is 0. The maximum Gasteiger partial charge on any atom is 0.161 e. The molecule has 1 heterocycles. The molecule has 17 heavy (non-hydrogen) atoms. The van der Waals surface area contributed by atoms with Crippen molar-refractivity contribution in [3.63, 3.8) is 0 Å². The Balaban J connectivity index is 1.82. The van der Waals surface area contributed by atoms with Gasteiger partial charge in [0.05, 0.1) is 0 Å². The van der Waals surface area contributed by atoms with Gasteiger partial charge in [-0.1, -0.05) is 30.3 Å². The SMILES string of the molecule is O=C(/C=C/N1CCCCC1)Cc1ccccc1. The first-order valence-corrected chi connectivity index (χ1v) is 6.33. The Hall–Kier alpha value is -1.57. The molecule has 1 saturated heterocycles. The topological polar surface area (TPSA) is 20.3 Å². The van der Waals surface area contributed by atoms with Gasteiger partial charge in [-0.2, -0.15) is 0 Å². The second-order valence-corrected chi connectivity index (χ2v) is 4.54. The van der Waals surface area contributed by atoms with Gasteiger partial charge in [0.25, 0.3) is 0 Å². The van der Waals surface area contributed by atoms with E-state index in [9.17, 15) is 4.79 Å². The van der Waals surface area contributed by atoms with Crippen LogP contribution in [-0.2, 0) is 11.2 Å². The van der Waals surface area contributed by atoms with Gasteiger partial charge < -0.3 is 4.90 Å². The number of carbonyl (C=O) groups is 1. The van der Waals surface area contributed by atoms with Crippen LogP contribution in [0.3, 0.4) is 0 Å². The van der Waals surface area contributed by atoms with Gasteiger partial charge in [-0.05, 0) is 30.9 Å². The molecule has 1 aromatic carbocycles. The summed E-state index contributed by atoms with van der Waals surface area (Å²) in [6, 6.07) is 9.89. The molecule has 90 valence electrons. The third kappa shape index (κ3) is 4.06. The number of carbonyl (C=O) groups excluding carboxylic acids is 1. The van der Waals surface area contributed by atoms with Gasteiger partial charge in [0, 0.05) is 25.7 Å². The summed E-state index contributed by atoms with van der Waals surface area (Å²) in [5.74, 6) is 0.182. The van der Waals surface area contributed by atoms with Gasteiger partial charge in [-0.15, -0.1) is 0 Å². The summed E-state index contributed by atoms with van der Waals surface area (Å²) in [5.41, 5.74) is 1.08. The molecular weight excluding hydrogens is 210 g/mol. The highest BCUT2D eigenvalue weighted by molar-refractivity contribution is 5.91. The van der Waals surface area contributed by atoms with Crippen molar-refractivity contribution in [3.8, 4) is 0 Å². The molecule has 1 aliphatic heterocycles. The van der Waals surface area contributed by atoms with Crippen molar-refractivity contribution < 1.29 is 4.79 Å². The number of ketones is 1. The summed E-state index contributed by atoms with van der Waals surface area (Å²) in [6.45, 7) is 2.18. The molecule has 0 N–H and O–H groups in total. The largest absolute Gasteiger partial charge is 0.377 e. The lowest BCUT2D eigenvalue weighted by Crippen LogP contribution is -2.24. The molecule has 2 nitrogen and oxygen atoms in total. The molecule has 1 fully saturated rings. The van der Waals surface area contributed by atoms with Gasteiger partial charge in [0.1, 0.15) is 0 Å². The Labute approximate surface area is 103 Å². The molecule has 1 aromatic rings. The van der Waals surface area contributed by atoms with E-state index < -0.39 is 0 Å². The van der Waals surface area contributed by atoms with E-state index in [1.54, 1.807) is 6.08 Å². The molecule has 2 heteroatoms. The van der Waals surface area contributed by atoms with E-state index in [-0.39, 0.29) is 5.78 Å². The van der Waals surface area contributed by atoms with E-state index in [0.29, 0.717) is 6.42 Å². The van der Waals surface area contributed by atoms with Crippen LogP contribution in [0.15, 0.2) is 42.6 Å². The molecule has 0 aliphatic carbocycles. The third-order valence-electron chi connectivity index (χ3n) is 3.08. The Morgan fingerprint density at radius 2 is 1.82 bits per heavy atom. The van der Waals surface area contributed by atoms with Crippen molar-refractivity contribution in [2.75, 3.05) is 13.1 Å². The van der Waals surface area contributed by atoms with Gasteiger partial charge in [-0.3, -0.25) is 4.79 Å². The Bertz CT molecular complexity index is 377. The first-order chi connectivity index (χ1) is 8.34. The van der Waals surface area contributed by atoms with Gasteiger partial charge in [0.2, 0.25) is 0 Å². The highest BCUT2D eigenvalue weighted by atomic mass is 16.1. The maximum atomic E-state index is 11.7. The monoisotopic (exact) mass is 229 g/mol. The predicted molar refractivity (Wildman–Crippen MR) is 69.7 cm³/mol. The summed E-state index contributed by atoms with van der Waals surface area (Å²) in [4.78, 5) is 14.0. The van der Waals surface area contributed by atoms with Crippen molar-refractivity contribution in [2.24, 2.45) is 0 Å². The highest BCUT2D eigenvalue weighted by Crippen LogP contribution is 2.09. The van der Waals surface area contributed by atoms with E-state index in [0.717, 1.165) is 18.7 Å². The summed E-state index contributed by atoms with van der Waals surface area (Å²) in [6.07, 6.45) is 8.00. The minimum atomic E-state index is 0.182. The van der Waals surface area contributed by atoms with Crippen LogP contribution in [0.5, 0.6) is 0 Å². The average molecular weight is 229 g/mol. The first-order valence-electron chi connectivity index (χ1n) is 6.33. The molecule has 0 atom stereocenters. The van der Waals surface area contributed by atoms with Crippen LogP contribution in [-0.4, -0.2) is 23.8 Å². The standard InChI is InChI=1S/C15H19NO/c17-15(13-14-7-3-1-4-8-14)9-12-16-10-5-2-6-11-16/h1,3-4,7-9,12H,2,5-6,10-11,13H2/b12-9+. The van der Waals surface area contributed by atoms with E-state index in [1.165, 1.54) is 19.3 Å². The fourth-order valence-corrected chi connectivity index (χ4v) is 2.11. The third-order valence-corrected chi connectivity index (χ3v) is 3.08. The molecule has 1 aliphatic rings. The number of rotatable bonds is 4. The number of hydrogen-bond acceptors (Lipinski definition) is 2. The lowest BCUT2D eigenvalue weighted by molar-refractivity contribution is -0.114. The zero-order valence-corrected chi connectivity index (χ0v) is 10.1. The average Bonchev–Trinajstić information content (AvgIpc) is 2.39. The number of allylic oxidation sites excluding steroid dienone is 1. The highest BCUT2D eigenvalue weighted by Gasteiger charge is 2.06. The minimum Gasteiger partial charge on any atom is -0.377 e. The van der Waals surface area contributed by atoms with Crippen LogP contribution >= 0.6 is 0 Å². The van der Waals surface area contributed by atoms with Crippen molar-refractivity contribution in [2.45, 2.75) is 25.7 Å². The Morgan fingerprint density at radius 3 is 2.53 bits per heavy atom. The lowest BCUT2D eigenvalue weighted by Gasteiger charge is -2.24. The molecular formula is C15H19NO. The quantitative estimate of drug-likeness (QED) is 0.740. The zero-order valence-electron chi connectivity index (χ0n) is 10.1. The molecule has 0 saturated carbocycles. The molecule has 0 aromatic heterocycles. The van der Waals surface area contributed by atoms with Crippen LogP contribution in [0.1, 0.15) is 24.8 Å². The van der Waals surface area contributed by atoms with E-state index in [2.05, 4.69) is 4.90 Å². The normalized spacial score (nSPS) is 16.4. The Kier molecular flexibility index (Phi) is 4.37. The number of nitrogens with zero attached hydrogens (tertiary/aromatic N) is 1. The van der Waals surface area contributed by atoms with Crippen LogP contribution in [0.2, 0.25) is 0 Å². The minimum absolute atomic E-state index is 0.182. The van der Waals surface area contributed by atoms with Crippen LogP contribution in [0.25, 0.3) is 0 Å². The lowest BCUT2D eigenvalue weighted by atomic mass is 10.1. The predicted octanol–water partition coefficient (Wildman–Crippen LogP) is 2.80. The van der Waals surface area contributed by atoms with E-state index in [4.69, 9.17) is 0 Å². The van der Waals surface area contributed by atoms with Gasteiger partial charge in [0.15, 0.2) is 5.78 Å². The van der Waals surface area contributed by atoms with Crippen LogP contribution in [0, 0.1) is 0 Å². The van der Waals surface area contributed by atoms with Gasteiger partial charge >= 0.3 is 0 Å². The summed E-state index contributed by atoms with van der Waals surface area (Å²) < 4.78 is 0. The smallest absolute Gasteiger partial charge is 0.161 e. The van der Waals surface area contributed by atoms with Crippen molar-refractivity contribution in [1.29, 1.82) is 0 Å². The fourth-order valence-electron chi connectivity index (χ4n) is 2.11. The second-order valence-electron chi connectivity index (χ2n) is 4.54. The molecule has 2 rings (SSSR count). The van der Waals surface area contributed by atoms with E-state index >= 15 is 0 Å². The van der Waals surface area contributed by atoms with Gasteiger partial charge in [-0.25, -0.2) is 0 Å². The maximum absolute atomic E-state index is 11.7. The number of hydrogen-bond donors (Lipinski definition) is 0. The number of likely N-dealkylation sites (tertiary alicyclic amines) is 1. The number of benzene rings is 1. The Morgan fingerprint density at radius 1 is 1.12 bits per heavy atom. The first kappa shape index (κ1) is 11.9. The molecule has 0 spiro atoms. The van der Waals surface area contributed by atoms with Crippen molar-refractivity contribution in [1.82, 2.24) is 4.90 Å². The number of piperidine rings is 1. The summed E-state index contributed by atoms with van der Waals surface area (Å²) in [5, 5.41) is 0. The molecule has 0 bridgehead atoms. The fraction of sp³-hybridized carbons (Fsp3) is 0.400. The second kappa shape index (κ2) is 6.24. The zero-order chi connectivity index (χ0) is 11.9. The van der Waals surface area contributed by atoms with Crippen LogP contribution in [0.4, 0.5) is 0 Å². The molecule has 0 radical (unpaired) electrons.